The van der Waals surface area contributed by atoms with Crippen molar-refractivity contribution in [2.24, 2.45) is 0 Å². The molecule has 6 nitrogen and oxygen atoms in total. The number of nitrogens with one attached hydrogen (secondary N) is 2. The number of rotatable bonds is 2. The standard InChI is InChI=1S/C13H17N5O/c1-9-4-7-18-12(16-9)11(8-15-18)13(19)17-10-2-5-14-6-3-10/h4,7-8,10,14H,2-3,5-6H2,1H3,(H,17,19). The van der Waals surface area contributed by atoms with Crippen molar-refractivity contribution in [3.05, 3.63) is 29.7 Å². The Hall–Kier alpha value is -1.95. The Morgan fingerprint density at radius 2 is 2.26 bits per heavy atom. The predicted octanol–water partition coefficient (Wildman–Crippen LogP) is 0.520. The molecule has 6 heteroatoms. The van der Waals surface area contributed by atoms with E-state index in [0.29, 0.717) is 11.2 Å². The minimum atomic E-state index is -0.0833. The number of amides is 1. The van der Waals surface area contributed by atoms with Gasteiger partial charge in [-0.25, -0.2) is 9.50 Å². The number of carbonyl (C=O) groups excluding carboxylic acids is 1. The number of aryl methyl sites for hydroxylation is 1. The van der Waals surface area contributed by atoms with Crippen LogP contribution < -0.4 is 10.6 Å². The molecule has 0 radical (unpaired) electrons. The summed E-state index contributed by atoms with van der Waals surface area (Å²) in [6.45, 7) is 3.82. The lowest BCUT2D eigenvalue weighted by molar-refractivity contribution is 0.0931. The molecular weight excluding hydrogens is 242 g/mol. The Balaban J connectivity index is 1.82. The van der Waals surface area contributed by atoms with Gasteiger partial charge >= 0.3 is 0 Å². The van der Waals surface area contributed by atoms with Crippen LogP contribution in [0.5, 0.6) is 0 Å². The van der Waals surface area contributed by atoms with Gasteiger partial charge in [-0.1, -0.05) is 0 Å². The summed E-state index contributed by atoms with van der Waals surface area (Å²) in [5.41, 5.74) is 2.04. The lowest BCUT2D eigenvalue weighted by Gasteiger charge is -2.23. The van der Waals surface area contributed by atoms with E-state index in [1.807, 2.05) is 19.2 Å². The molecule has 19 heavy (non-hydrogen) atoms. The van der Waals surface area contributed by atoms with Gasteiger partial charge < -0.3 is 10.6 Å². The van der Waals surface area contributed by atoms with E-state index in [1.165, 1.54) is 0 Å². The maximum Gasteiger partial charge on any atom is 0.256 e. The molecule has 0 spiro atoms. The van der Waals surface area contributed by atoms with Crippen LogP contribution in [0.25, 0.3) is 5.65 Å². The van der Waals surface area contributed by atoms with Crippen LogP contribution in [0.1, 0.15) is 28.9 Å². The van der Waals surface area contributed by atoms with Gasteiger partial charge in [0.2, 0.25) is 0 Å². The SMILES string of the molecule is Cc1ccn2ncc(C(=O)NC3CCNCC3)c2n1. The minimum Gasteiger partial charge on any atom is -0.349 e. The lowest BCUT2D eigenvalue weighted by atomic mass is 10.1. The fourth-order valence-corrected chi connectivity index (χ4v) is 2.35. The highest BCUT2D eigenvalue weighted by Gasteiger charge is 2.19. The lowest BCUT2D eigenvalue weighted by Crippen LogP contribution is -2.42. The van der Waals surface area contributed by atoms with Gasteiger partial charge in [0.1, 0.15) is 5.56 Å². The molecule has 0 saturated carbocycles. The first-order valence-electron chi connectivity index (χ1n) is 6.56. The molecule has 0 aromatic carbocycles. The molecule has 1 aliphatic heterocycles. The van der Waals surface area contributed by atoms with Gasteiger partial charge in [-0.05, 0) is 38.9 Å². The van der Waals surface area contributed by atoms with Crippen LogP contribution in [0.3, 0.4) is 0 Å². The monoisotopic (exact) mass is 259 g/mol. The van der Waals surface area contributed by atoms with Crippen LogP contribution >= 0.6 is 0 Å². The summed E-state index contributed by atoms with van der Waals surface area (Å²) >= 11 is 0. The van der Waals surface area contributed by atoms with Crippen molar-refractivity contribution >= 4 is 11.6 Å². The van der Waals surface area contributed by atoms with Crippen LogP contribution in [-0.2, 0) is 0 Å². The van der Waals surface area contributed by atoms with Gasteiger partial charge in [-0.15, -0.1) is 0 Å². The zero-order valence-corrected chi connectivity index (χ0v) is 10.9. The van der Waals surface area contributed by atoms with Crippen molar-refractivity contribution in [1.29, 1.82) is 0 Å². The molecule has 100 valence electrons. The zero-order valence-electron chi connectivity index (χ0n) is 10.9. The van der Waals surface area contributed by atoms with Crippen molar-refractivity contribution < 1.29 is 4.79 Å². The van der Waals surface area contributed by atoms with Crippen molar-refractivity contribution in [1.82, 2.24) is 25.2 Å². The van der Waals surface area contributed by atoms with Crippen molar-refractivity contribution in [3.63, 3.8) is 0 Å². The molecule has 1 fully saturated rings. The molecule has 0 aliphatic carbocycles. The Morgan fingerprint density at radius 1 is 1.47 bits per heavy atom. The Bertz CT molecular complexity index is 600. The summed E-state index contributed by atoms with van der Waals surface area (Å²) in [5, 5.41) is 10.5. The van der Waals surface area contributed by atoms with Gasteiger partial charge in [0, 0.05) is 17.9 Å². The van der Waals surface area contributed by atoms with E-state index in [0.717, 1.165) is 31.6 Å². The quantitative estimate of drug-likeness (QED) is 0.825. The first kappa shape index (κ1) is 12.1. The number of carbonyl (C=O) groups is 1. The van der Waals surface area contributed by atoms with Gasteiger partial charge in [0.15, 0.2) is 5.65 Å². The van der Waals surface area contributed by atoms with Gasteiger partial charge in [0.25, 0.3) is 5.91 Å². The molecule has 3 rings (SSSR count). The van der Waals surface area contributed by atoms with Crippen LogP contribution in [0.15, 0.2) is 18.5 Å². The van der Waals surface area contributed by atoms with Crippen LogP contribution in [-0.4, -0.2) is 39.6 Å². The summed E-state index contributed by atoms with van der Waals surface area (Å²) < 4.78 is 1.63. The molecule has 1 amide bonds. The maximum atomic E-state index is 12.3. The molecule has 3 heterocycles. The highest BCUT2D eigenvalue weighted by Crippen LogP contribution is 2.10. The summed E-state index contributed by atoms with van der Waals surface area (Å²) in [6.07, 6.45) is 5.34. The number of nitrogens with zero attached hydrogens (tertiary/aromatic N) is 3. The molecule has 1 saturated heterocycles. The number of piperidine rings is 1. The minimum absolute atomic E-state index is 0.0833. The fraction of sp³-hybridized carbons (Fsp3) is 0.462. The van der Waals surface area contributed by atoms with E-state index < -0.39 is 0 Å². The summed E-state index contributed by atoms with van der Waals surface area (Å²) in [5.74, 6) is -0.0833. The summed E-state index contributed by atoms with van der Waals surface area (Å²) in [7, 11) is 0. The number of hydrogen-bond donors (Lipinski definition) is 2. The molecule has 1 aliphatic rings. The van der Waals surface area contributed by atoms with E-state index in [9.17, 15) is 4.79 Å². The molecule has 2 N–H and O–H groups in total. The Kier molecular flexibility index (Phi) is 3.16. The molecular formula is C13H17N5O. The normalized spacial score (nSPS) is 16.7. The maximum absolute atomic E-state index is 12.3. The Morgan fingerprint density at radius 3 is 3.05 bits per heavy atom. The topological polar surface area (TPSA) is 71.3 Å². The molecule has 2 aromatic rings. The first-order chi connectivity index (χ1) is 9.24. The second-order valence-electron chi connectivity index (χ2n) is 4.89. The van der Waals surface area contributed by atoms with E-state index >= 15 is 0 Å². The second-order valence-corrected chi connectivity index (χ2v) is 4.89. The van der Waals surface area contributed by atoms with Crippen molar-refractivity contribution in [3.8, 4) is 0 Å². The van der Waals surface area contributed by atoms with E-state index in [2.05, 4.69) is 20.7 Å². The average molecular weight is 259 g/mol. The summed E-state index contributed by atoms with van der Waals surface area (Å²) in [4.78, 5) is 16.7. The molecule has 0 unspecified atom stereocenters. The molecule has 0 atom stereocenters. The Labute approximate surface area is 111 Å². The third-order valence-corrected chi connectivity index (χ3v) is 3.43. The van der Waals surface area contributed by atoms with Crippen molar-refractivity contribution in [2.75, 3.05) is 13.1 Å². The fourth-order valence-electron chi connectivity index (χ4n) is 2.35. The van der Waals surface area contributed by atoms with Gasteiger partial charge in [-0.2, -0.15) is 5.10 Å². The first-order valence-corrected chi connectivity index (χ1v) is 6.56. The molecule has 0 bridgehead atoms. The zero-order chi connectivity index (χ0) is 13.2. The highest BCUT2D eigenvalue weighted by molar-refractivity contribution is 5.99. The van der Waals surface area contributed by atoms with Gasteiger partial charge in [0.05, 0.1) is 6.20 Å². The van der Waals surface area contributed by atoms with Gasteiger partial charge in [-0.3, -0.25) is 4.79 Å². The van der Waals surface area contributed by atoms with Crippen LogP contribution in [0.4, 0.5) is 0 Å². The third kappa shape index (κ3) is 2.44. The second kappa shape index (κ2) is 4.97. The number of aromatic nitrogens is 3. The van der Waals surface area contributed by atoms with E-state index in [1.54, 1.807) is 10.7 Å². The van der Waals surface area contributed by atoms with E-state index in [-0.39, 0.29) is 11.9 Å². The van der Waals surface area contributed by atoms with E-state index in [4.69, 9.17) is 0 Å². The van der Waals surface area contributed by atoms with Crippen molar-refractivity contribution in [2.45, 2.75) is 25.8 Å². The van der Waals surface area contributed by atoms with Crippen LogP contribution in [0.2, 0.25) is 0 Å². The number of hydrogen-bond acceptors (Lipinski definition) is 4. The average Bonchev–Trinajstić information content (AvgIpc) is 2.82. The highest BCUT2D eigenvalue weighted by atomic mass is 16.1. The number of fused-ring (bicyclic) bond motifs is 1. The smallest absolute Gasteiger partial charge is 0.256 e. The predicted molar refractivity (Wildman–Crippen MR) is 71.1 cm³/mol. The molecule has 2 aromatic heterocycles. The largest absolute Gasteiger partial charge is 0.349 e. The summed E-state index contributed by atoms with van der Waals surface area (Å²) in [6, 6.07) is 2.11. The third-order valence-electron chi connectivity index (χ3n) is 3.43. The van der Waals surface area contributed by atoms with Crippen LogP contribution in [0, 0.1) is 6.92 Å².